The minimum atomic E-state index is -1.80. The van der Waals surface area contributed by atoms with E-state index in [0.29, 0.717) is 0 Å². The standard InChI is InChI=1S/C30H55N11O12/c1-12(2)9-17(24(47)36-13(3)23(46)37-16(29(52)53)7-6-8-35-30(33)34)38-25(48)18(10-20(31)45)39-26(49)19(11-42)40-28(51)22(15(5)44)41-27(50)21(32)14(4)43/h12-19,21-22,42-44H,6-11,32H2,1-5H3,(H2,31,45)(H,36,47)(H,37,46)(H,38,48)(H,39,49)(H,40,51)(H,41,50)(H,52,53)(H4,33,34,35)/t13-,14+,15+,16-,17-,18-,19-,21-,22-/m0/s1. The number of carboxylic acid groups (broad SMARTS) is 1. The summed E-state index contributed by atoms with van der Waals surface area (Å²) in [5.74, 6) is -9.04. The third-order valence-corrected chi connectivity index (χ3v) is 7.39. The number of primary amides is 1. The number of aliphatic carboxylic acids is 1. The molecule has 53 heavy (non-hydrogen) atoms. The molecule has 0 aliphatic rings. The van der Waals surface area contributed by atoms with Crippen molar-refractivity contribution in [3.05, 3.63) is 0 Å². The number of carbonyl (C=O) groups excluding carboxylic acids is 7. The molecule has 0 spiro atoms. The van der Waals surface area contributed by atoms with Gasteiger partial charge in [-0.2, -0.15) is 0 Å². The first-order valence-electron chi connectivity index (χ1n) is 16.6. The van der Waals surface area contributed by atoms with Gasteiger partial charge in [-0.1, -0.05) is 13.8 Å². The Morgan fingerprint density at radius 1 is 0.642 bits per heavy atom. The molecule has 7 amide bonds. The number of hydrogen-bond donors (Lipinski definition) is 14. The van der Waals surface area contributed by atoms with E-state index in [1.807, 2.05) is 0 Å². The van der Waals surface area contributed by atoms with Crippen molar-refractivity contribution in [3.63, 3.8) is 0 Å². The van der Waals surface area contributed by atoms with Crippen LogP contribution in [-0.2, 0) is 38.4 Å². The summed E-state index contributed by atoms with van der Waals surface area (Å²) in [5, 5.41) is 52.4. The Labute approximate surface area is 305 Å². The number of amides is 7. The van der Waals surface area contributed by atoms with Crippen molar-refractivity contribution in [2.24, 2.45) is 33.8 Å². The van der Waals surface area contributed by atoms with Crippen LogP contribution in [0.5, 0.6) is 0 Å². The normalized spacial score (nSPS) is 16.1. The number of hydrogen-bond acceptors (Lipinski definition) is 13. The van der Waals surface area contributed by atoms with E-state index < -0.39 is 115 Å². The van der Waals surface area contributed by atoms with Gasteiger partial charge in [0.25, 0.3) is 0 Å². The van der Waals surface area contributed by atoms with Crippen molar-refractivity contribution in [3.8, 4) is 0 Å². The monoisotopic (exact) mass is 761 g/mol. The van der Waals surface area contributed by atoms with Gasteiger partial charge in [-0.05, 0) is 46.0 Å². The summed E-state index contributed by atoms with van der Waals surface area (Å²) in [6.45, 7) is 6.08. The highest BCUT2D eigenvalue weighted by Gasteiger charge is 2.35. The number of nitrogens with zero attached hydrogens (tertiary/aromatic N) is 1. The number of guanidine groups is 1. The van der Waals surface area contributed by atoms with Crippen molar-refractivity contribution in [2.45, 2.75) is 115 Å². The average Bonchev–Trinajstić information content (AvgIpc) is 3.04. The average molecular weight is 762 g/mol. The first-order valence-corrected chi connectivity index (χ1v) is 16.6. The molecule has 0 aromatic carbocycles. The Morgan fingerprint density at radius 2 is 1.15 bits per heavy atom. The molecule has 9 atom stereocenters. The number of rotatable bonds is 24. The van der Waals surface area contributed by atoms with Gasteiger partial charge in [0.2, 0.25) is 41.4 Å². The summed E-state index contributed by atoms with van der Waals surface area (Å²) in [6, 6.07) is -10.7. The van der Waals surface area contributed by atoms with E-state index in [0.717, 1.165) is 6.92 Å². The van der Waals surface area contributed by atoms with E-state index in [-0.39, 0.29) is 37.7 Å². The zero-order chi connectivity index (χ0) is 41.2. The lowest BCUT2D eigenvalue weighted by Crippen LogP contribution is -2.62. The molecule has 0 aliphatic carbocycles. The third kappa shape index (κ3) is 18.3. The van der Waals surface area contributed by atoms with Crippen molar-refractivity contribution < 1.29 is 58.8 Å². The topological polar surface area (TPSA) is 406 Å². The molecule has 0 aliphatic heterocycles. The second-order valence-electron chi connectivity index (χ2n) is 12.7. The maximum Gasteiger partial charge on any atom is 0.326 e. The maximum atomic E-state index is 13.3. The molecule has 0 aromatic heterocycles. The molecule has 0 fully saturated rings. The van der Waals surface area contributed by atoms with Crippen LogP contribution in [0.3, 0.4) is 0 Å². The summed E-state index contributed by atoms with van der Waals surface area (Å²) in [6.07, 6.45) is -3.49. The predicted octanol–water partition coefficient (Wildman–Crippen LogP) is -6.94. The van der Waals surface area contributed by atoms with E-state index in [9.17, 15) is 58.8 Å². The molecule has 18 N–H and O–H groups in total. The van der Waals surface area contributed by atoms with Crippen LogP contribution in [0.25, 0.3) is 0 Å². The van der Waals surface area contributed by atoms with E-state index >= 15 is 0 Å². The highest BCUT2D eigenvalue weighted by atomic mass is 16.4. The fraction of sp³-hybridized carbons (Fsp3) is 0.700. The van der Waals surface area contributed by atoms with Gasteiger partial charge in [-0.15, -0.1) is 0 Å². The number of nitrogens with one attached hydrogen (secondary N) is 6. The molecule has 302 valence electrons. The van der Waals surface area contributed by atoms with Crippen LogP contribution in [-0.4, -0.2) is 141 Å². The molecule has 0 bridgehead atoms. The van der Waals surface area contributed by atoms with Gasteiger partial charge in [0, 0.05) is 6.54 Å². The van der Waals surface area contributed by atoms with Crippen molar-refractivity contribution in [1.29, 1.82) is 0 Å². The van der Waals surface area contributed by atoms with E-state index in [4.69, 9.17) is 22.9 Å². The SMILES string of the molecule is CC(C)C[C@H](NC(=O)[C@H](CC(N)=O)NC(=O)[C@H](CO)NC(=O)[C@@H](NC(=O)[C@@H](N)[C@@H](C)O)[C@@H](C)O)C(=O)N[C@@H](C)C(=O)N[C@@H](CCCN=C(N)N)C(=O)O. The summed E-state index contributed by atoms with van der Waals surface area (Å²) in [5.41, 5.74) is 21.3. The molecule has 23 heteroatoms. The summed E-state index contributed by atoms with van der Waals surface area (Å²) < 4.78 is 0. The van der Waals surface area contributed by atoms with Crippen molar-refractivity contribution >= 4 is 53.3 Å². The van der Waals surface area contributed by atoms with Gasteiger partial charge in [0.15, 0.2) is 5.96 Å². The summed E-state index contributed by atoms with van der Waals surface area (Å²) in [7, 11) is 0. The number of carboxylic acids is 1. The Hall–Kier alpha value is -5.13. The molecule has 0 heterocycles. The van der Waals surface area contributed by atoms with E-state index in [1.54, 1.807) is 13.8 Å². The maximum absolute atomic E-state index is 13.3. The highest BCUT2D eigenvalue weighted by Crippen LogP contribution is 2.08. The second-order valence-corrected chi connectivity index (χ2v) is 12.7. The fourth-order valence-electron chi connectivity index (χ4n) is 4.42. The van der Waals surface area contributed by atoms with Crippen LogP contribution in [0.2, 0.25) is 0 Å². The zero-order valence-electron chi connectivity index (χ0n) is 30.3. The summed E-state index contributed by atoms with van der Waals surface area (Å²) in [4.78, 5) is 105. The van der Waals surface area contributed by atoms with Crippen molar-refractivity contribution in [2.75, 3.05) is 13.2 Å². The van der Waals surface area contributed by atoms with Crippen LogP contribution in [0.1, 0.15) is 60.3 Å². The molecule has 0 radical (unpaired) electrons. The van der Waals surface area contributed by atoms with E-state index in [2.05, 4.69) is 36.9 Å². The van der Waals surface area contributed by atoms with Crippen molar-refractivity contribution in [1.82, 2.24) is 31.9 Å². The van der Waals surface area contributed by atoms with Gasteiger partial charge in [0.05, 0.1) is 25.2 Å². The van der Waals surface area contributed by atoms with Gasteiger partial charge >= 0.3 is 5.97 Å². The lowest BCUT2D eigenvalue weighted by molar-refractivity contribution is -0.142. The number of carbonyl (C=O) groups is 8. The number of aliphatic imine (C=N–C) groups is 1. The lowest BCUT2D eigenvalue weighted by atomic mass is 10.0. The largest absolute Gasteiger partial charge is 0.480 e. The van der Waals surface area contributed by atoms with Crippen LogP contribution in [0.4, 0.5) is 0 Å². The highest BCUT2D eigenvalue weighted by molar-refractivity contribution is 5.98. The van der Waals surface area contributed by atoms with Crippen LogP contribution in [0.15, 0.2) is 4.99 Å². The van der Waals surface area contributed by atoms with Gasteiger partial charge in [-0.25, -0.2) is 4.79 Å². The fourth-order valence-corrected chi connectivity index (χ4v) is 4.42. The lowest BCUT2D eigenvalue weighted by Gasteiger charge is -2.27. The van der Waals surface area contributed by atoms with Gasteiger partial charge < -0.3 is 75.3 Å². The molecule has 0 unspecified atom stereocenters. The minimum Gasteiger partial charge on any atom is -0.480 e. The number of aliphatic hydroxyl groups is 3. The Kier molecular flexibility index (Phi) is 21.2. The molecule has 23 nitrogen and oxygen atoms in total. The smallest absolute Gasteiger partial charge is 0.326 e. The van der Waals surface area contributed by atoms with Crippen LogP contribution < -0.4 is 54.8 Å². The van der Waals surface area contributed by atoms with Gasteiger partial charge in [-0.3, -0.25) is 38.6 Å². The minimum absolute atomic E-state index is 0.00775. The molecule has 0 saturated heterocycles. The quantitative estimate of drug-likeness (QED) is 0.0247. The van der Waals surface area contributed by atoms with Crippen LogP contribution >= 0.6 is 0 Å². The summed E-state index contributed by atoms with van der Waals surface area (Å²) >= 11 is 0. The predicted molar refractivity (Wildman–Crippen MR) is 186 cm³/mol. The molecule has 0 saturated carbocycles. The Morgan fingerprint density at radius 3 is 1.62 bits per heavy atom. The molecular weight excluding hydrogens is 706 g/mol. The second kappa shape index (κ2) is 23.4. The molecule has 0 rings (SSSR count). The first kappa shape index (κ1) is 47.9. The van der Waals surface area contributed by atoms with Gasteiger partial charge in [0.1, 0.15) is 42.3 Å². The number of aliphatic hydroxyl groups excluding tert-OH is 3. The van der Waals surface area contributed by atoms with E-state index in [1.165, 1.54) is 13.8 Å². The number of nitrogens with two attached hydrogens (primary N) is 4. The first-order chi connectivity index (χ1) is 24.5. The Balaban J connectivity index is 5.84. The molecule has 0 aromatic rings. The molecular formula is C30H55N11O12. The third-order valence-electron chi connectivity index (χ3n) is 7.39. The van der Waals surface area contributed by atoms with Crippen LogP contribution in [0, 0.1) is 5.92 Å². The Bertz CT molecular complexity index is 1320. The zero-order valence-corrected chi connectivity index (χ0v) is 30.3.